The van der Waals surface area contributed by atoms with Gasteiger partial charge in [-0.25, -0.2) is 4.98 Å². The molecular formula is C15H24N2O5. The summed E-state index contributed by atoms with van der Waals surface area (Å²) in [5.74, 6) is 0.144. The van der Waals surface area contributed by atoms with Gasteiger partial charge in [0.1, 0.15) is 12.4 Å². The van der Waals surface area contributed by atoms with Crippen LogP contribution in [0.1, 0.15) is 30.2 Å². The van der Waals surface area contributed by atoms with E-state index in [1.54, 1.807) is 11.8 Å². The topological polar surface area (TPSA) is 96.0 Å². The van der Waals surface area contributed by atoms with Crippen molar-refractivity contribution in [2.75, 3.05) is 26.3 Å². The lowest BCUT2D eigenvalue weighted by Crippen LogP contribution is -2.50. The minimum absolute atomic E-state index is 0.123. The fraction of sp³-hybridized carbons (Fsp3) is 0.733. The van der Waals surface area contributed by atoms with E-state index in [-0.39, 0.29) is 30.0 Å². The van der Waals surface area contributed by atoms with E-state index in [0.717, 1.165) is 0 Å². The number of rotatable bonds is 5. The second-order valence-electron chi connectivity index (χ2n) is 6.21. The summed E-state index contributed by atoms with van der Waals surface area (Å²) in [5.41, 5.74) is 0.255. The number of oxazole rings is 1. The molecule has 0 aromatic carbocycles. The molecule has 0 saturated carbocycles. The van der Waals surface area contributed by atoms with Crippen LogP contribution in [0.25, 0.3) is 0 Å². The molecule has 1 aliphatic rings. The summed E-state index contributed by atoms with van der Waals surface area (Å²) in [4.78, 5) is 18.3. The van der Waals surface area contributed by atoms with Gasteiger partial charge in [-0.2, -0.15) is 0 Å². The number of aliphatic hydroxyl groups is 2. The van der Waals surface area contributed by atoms with Crippen molar-refractivity contribution in [3.05, 3.63) is 17.8 Å². The van der Waals surface area contributed by atoms with E-state index in [1.807, 2.05) is 13.8 Å². The van der Waals surface area contributed by atoms with Gasteiger partial charge in [-0.15, -0.1) is 0 Å². The average molecular weight is 312 g/mol. The van der Waals surface area contributed by atoms with Crippen LogP contribution in [0.4, 0.5) is 0 Å². The number of nitrogens with zero attached hydrogens (tertiary/aromatic N) is 2. The van der Waals surface area contributed by atoms with Crippen molar-refractivity contribution in [3.63, 3.8) is 0 Å². The highest BCUT2D eigenvalue weighted by Crippen LogP contribution is 2.19. The highest BCUT2D eigenvalue weighted by atomic mass is 16.5. The first-order chi connectivity index (χ1) is 10.4. The summed E-state index contributed by atoms with van der Waals surface area (Å²) in [7, 11) is 0. The standard InChI is InChI=1S/C15H24N2O5/c1-9(2)4-17(15(20)12-7-22-10(3)16-12)5-11-6-21-8-13(18)14(11)19/h7,9,11,13-14,18-19H,4-6,8H2,1-3H3/t11-,13-,14+/m1/s1. The summed E-state index contributed by atoms with van der Waals surface area (Å²) < 4.78 is 10.4. The van der Waals surface area contributed by atoms with Crippen molar-refractivity contribution < 1.29 is 24.2 Å². The first-order valence-corrected chi connectivity index (χ1v) is 7.53. The van der Waals surface area contributed by atoms with Crippen LogP contribution in [0, 0.1) is 18.8 Å². The number of amides is 1. The molecule has 1 aliphatic heterocycles. The van der Waals surface area contributed by atoms with Gasteiger partial charge < -0.3 is 24.3 Å². The zero-order chi connectivity index (χ0) is 16.3. The van der Waals surface area contributed by atoms with E-state index in [9.17, 15) is 15.0 Å². The molecule has 1 fully saturated rings. The number of hydrogen-bond donors (Lipinski definition) is 2. The Morgan fingerprint density at radius 1 is 1.45 bits per heavy atom. The minimum atomic E-state index is -0.913. The molecule has 1 aromatic rings. The Bertz CT molecular complexity index is 502. The lowest BCUT2D eigenvalue weighted by atomic mass is 9.95. The van der Waals surface area contributed by atoms with Gasteiger partial charge >= 0.3 is 0 Å². The van der Waals surface area contributed by atoms with E-state index in [4.69, 9.17) is 9.15 Å². The first kappa shape index (κ1) is 16.9. The van der Waals surface area contributed by atoms with Crippen LogP contribution < -0.4 is 0 Å². The summed E-state index contributed by atoms with van der Waals surface area (Å²) in [5, 5.41) is 19.8. The number of aryl methyl sites for hydroxylation is 1. The molecule has 1 amide bonds. The smallest absolute Gasteiger partial charge is 0.275 e. The third-order valence-electron chi connectivity index (χ3n) is 3.66. The lowest BCUT2D eigenvalue weighted by Gasteiger charge is -2.35. The Balaban J connectivity index is 2.10. The highest BCUT2D eigenvalue weighted by molar-refractivity contribution is 5.92. The molecule has 0 unspecified atom stereocenters. The number of aromatic nitrogens is 1. The molecule has 7 heteroatoms. The summed E-state index contributed by atoms with van der Waals surface area (Å²) in [6.45, 7) is 6.98. The molecule has 0 radical (unpaired) electrons. The Morgan fingerprint density at radius 3 is 2.77 bits per heavy atom. The van der Waals surface area contributed by atoms with Crippen molar-refractivity contribution in [3.8, 4) is 0 Å². The zero-order valence-corrected chi connectivity index (χ0v) is 13.2. The van der Waals surface area contributed by atoms with Crippen LogP contribution >= 0.6 is 0 Å². The summed E-state index contributed by atoms with van der Waals surface area (Å²) in [6, 6.07) is 0. The van der Waals surface area contributed by atoms with Gasteiger partial charge in [-0.05, 0) is 5.92 Å². The third-order valence-corrected chi connectivity index (χ3v) is 3.66. The molecule has 2 rings (SSSR count). The predicted molar refractivity (Wildman–Crippen MR) is 78.3 cm³/mol. The SMILES string of the molecule is Cc1nc(C(=O)N(CC(C)C)C[C@@H]2COC[C@@H](O)[C@H]2O)co1. The van der Waals surface area contributed by atoms with E-state index in [1.165, 1.54) is 6.26 Å². The molecule has 0 spiro atoms. The fourth-order valence-corrected chi connectivity index (χ4v) is 2.60. The molecular weight excluding hydrogens is 288 g/mol. The van der Waals surface area contributed by atoms with Gasteiger partial charge in [-0.3, -0.25) is 4.79 Å². The molecule has 1 saturated heterocycles. The van der Waals surface area contributed by atoms with E-state index in [2.05, 4.69) is 4.98 Å². The molecule has 2 N–H and O–H groups in total. The second-order valence-corrected chi connectivity index (χ2v) is 6.21. The van der Waals surface area contributed by atoms with Gasteiger partial charge in [0.05, 0.1) is 19.3 Å². The number of carbonyl (C=O) groups excluding carboxylic acids is 1. The average Bonchev–Trinajstić information content (AvgIpc) is 2.88. The second kappa shape index (κ2) is 7.21. The normalized spacial score (nSPS) is 25.5. The molecule has 124 valence electrons. The van der Waals surface area contributed by atoms with Crippen LogP contribution in [0.15, 0.2) is 10.7 Å². The monoisotopic (exact) mass is 312 g/mol. The minimum Gasteiger partial charge on any atom is -0.448 e. The molecule has 0 bridgehead atoms. The molecule has 0 aliphatic carbocycles. The van der Waals surface area contributed by atoms with E-state index in [0.29, 0.717) is 25.6 Å². The number of hydrogen-bond acceptors (Lipinski definition) is 6. The quantitative estimate of drug-likeness (QED) is 0.819. The molecule has 3 atom stereocenters. The van der Waals surface area contributed by atoms with Crippen molar-refractivity contribution >= 4 is 5.91 Å². The van der Waals surface area contributed by atoms with Crippen molar-refractivity contribution in [1.82, 2.24) is 9.88 Å². The summed E-state index contributed by atoms with van der Waals surface area (Å²) in [6.07, 6.45) is -0.465. The maximum atomic E-state index is 12.6. The highest BCUT2D eigenvalue weighted by Gasteiger charge is 2.34. The van der Waals surface area contributed by atoms with Crippen LogP contribution in [-0.4, -0.2) is 64.5 Å². The first-order valence-electron chi connectivity index (χ1n) is 7.53. The van der Waals surface area contributed by atoms with Crippen LogP contribution in [0.2, 0.25) is 0 Å². The van der Waals surface area contributed by atoms with Crippen LogP contribution in [-0.2, 0) is 4.74 Å². The number of carbonyl (C=O) groups is 1. The zero-order valence-electron chi connectivity index (χ0n) is 13.2. The molecule has 2 heterocycles. The van der Waals surface area contributed by atoms with Crippen molar-refractivity contribution in [2.45, 2.75) is 33.0 Å². The predicted octanol–water partition coefficient (Wildman–Crippen LogP) is 0.449. The van der Waals surface area contributed by atoms with E-state index < -0.39 is 12.2 Å². The van der Waals surface area contributed by atoms with Crippen LogP contribution in [0.5, 0.6) is 0 Å². The largest absolute Gasteiger partial charge is 0.448 e. The molecule has 7 nitrogen and oxygen atoms in total. The number of aliphatic hydroxyl groups excluding tert-OH is 2. The Hall–Kier alpha value is -1.44. The van der Waals surface area contributed by atoms with Gasteiger partial charge in [0.2, 0.25) is 0 Å². The third kappa shape index (κ3) is 4.06. The maximum Gasteiger partial charge on any atom is 0.275 e. The van der Waals surface area contributed by atoms with Crippen molar-refractivity contribution in [1.29, 1.82) is 0 Å². The van der Waals surface area contributed by atoms with Gasteiger partial charge in [-0.1, -0.05) is 13.8 Å². The maximum absolute atomic E-state index is 12.6. The Labute approximate surface area is 129 Å². The Kier molecular flexibility index (Phi) is 5.55. The van der Waals surface area contributed by atoms with Gasteiger partial charge in [0.25, 0.3) is 5.91 Å². The van der Waals surface area contributed by atoms with E-state index >= 15 is 0 Å². The molecule has 1 aromatic heterocycles. The summed E-state index contributed by atoms with van der Waals surface area (Å²) >= 11 is 0. The lowest BCUT2D eigenvalue weighted by molar-refractivity contribution is -0.124. The van der Waals surface area contributed by atoms with Crippen molar-refractivity contribution in [2.24, 2.45) is 11.8 Å². The number of ether oxygens (including phenoxy) is 1. The van der Waals surface area contributed by atoms with Gasteiger partial charge in [0.15, 0.2) is 11.6 Å². The Morgan fingerprint density at radius 2 is 2.18 bits per heavy atom. The fourth-order valence-electron chi connectivity index (χ4n) is 2.60. The van der Waals surface area contributed by atoms with Gasteiger partial charge in [0, 0.05) is 25.9 Å². The van der Waals surface area contributed by atoms with Crippen LogP contribution in [0.3, 0.4) is 0 Å². The molecule has 22 heavy (non-hydrogen) atoms.